The molecule has 1 rings (SSSR count). The molecule has 0 spiro atoms. The van der Waals surface area contributed by atoms with E-state index in [0.29, 0.717) is 23.7 Å². The Morgan fingerprint density at radius 1 is 1.29 bits per heavy atom. The molecule has 0 aromatic heterocycles. The van der Waals surface area contributed by atoms with Gasteiger partial charge in [-0.1, -0.05) is 20.8 Å². The molecule has 2 N–H and O–H groups in total. The smallest absolute Gasteiger partial charge is 0.0602 e. The minimum atomic E-state index is -0.203. The first-order valence-electron chi connectivity index (χ1n) is 5.86. The normalized spacial score (nSPS) is 39.0. The molecular formula is C12H24O2. The quantitative estimate of drug-likeness (QED) is 0.732. The lowest BCUT2D eigenvalue weighted by molar-refractivity contribution is -0.0359. The summed E-state index contributed by atoms with van der Waals surface area (Å²) in [5.74, 6) is 1.86. The van der Waals surface area contributed by atoms with Gasteiger partial charge in [0.05, 0.1) is 6.10 Å². The van der Waals surface area contributed by atoms with Crippen LogP contribution in [-0.2, 0) is 0 Å². The fourth-order valence-corrected chi connectivity index (χ4v) is 2.83. The zero-order valence-electron chi connectivity index (χ0n) is 9.61. The van der Waals surface area contributed by atoms with Crippen LogP contribution in [0.2, 0.25) is 0 Å². The molecule has 14 heavy (non-hydrogen) atoms. The average Bonchev–Trinajstić information content (AvgIpc) is 2.11. The van der Waals surface area contributed by atoms with Crippen molar-refractivity contribution >= 4 is 0 Å². The maximum absolute atomic E-state index is 10.2. The van der Waals surface area contributed by atoms with Crippen LogP contribution in [0.4, 0.5) is 0 Å². The van der Waals surface area contributed by atoms with Gasteiger partial charge in [0.1, 0.15) is 0 Å². The molecule has 0 aromatic carbocycles. The van der Waals surface area contributed by atoms with Crippen LogP contribution in [0.3, 0.4) is 0 Å². The third-order valence-corrected chi connectivity index (χ3v) is 3.88. The molecule has 2 heteroatoms. The molecule has 1 saturated carbocycles. The maximum Gasteiger partial charge on any atom is 0.0602 e. The van der Waals surface area contributed by atoms with Crippen molar-refractivity contribution in [3.8, 4) is 0 Å². The molecule has 1 aliphatic rings. The van der Waals surface area contributed by atoms with Gasteiger partial charge in [-0.05, 0) is 42.9 Å². The predicted molar refractivity (Wildman–Crippen MR) is 57.9 cm³/mol. The third-order valence-electron chi connectivity index (χ3n) is 3.88. The predicted octanol–water partition coefficient (Wildman–Crippen LogP) is 2.05. The number of rotatable bonds is 3. The number of aliphatic hydroxyl groups excluding tert-OH is 2. The monoisotopic (exact) mass is 200 g/mol. The van der Waals surface area contributed by atoms with Crippen LogP contribution in [0.25, 0.3) is 0 Å². The van der Waals surface area contributed by atoms with Gasteiger partial charge < -0.3 is 10.2 Å². The summed E-state index contributed by atoms with van der Waals surface area (Å²) in [6.45, 7) is 6.76. The Balaban J connectivity index is 2.62. The Morgan fingerprint density at radius 3 is 2.43 bits per heavy atom. The first kappa shape index (κ1) is 12.0. The van der Waals surface area contributed by atoms with Crippen LogP contribution in [0.5, 0.6) is 0 Å². The second-order valence-corrected chi connectivity index (χ2v) is 5.13. The van der Waals surface area contributed by atoms with E-state index in [2.05, 4.69) is 20.8 Å². The zero-order chi connectivity index (χ0) is 10.7. The molecule has 0 heterocycles. The first-order chi connectivity index (χ1) is 6.57. The van der Waals surface area contributed by atoms with Crippen molar-refractivity contribution in [1.29, 1.82) is 0 Å². The molecule has 4 atom stereocenters. The number of hydrogen-bond acceptors (Lipinski definition) is 2. The van der Waals surface area contributed by atoms with E-state index >= 15 is 0 Å². The van der Waals surface area contributed by atoms with E-state index < -0.39 is 0 Å². The zero-order valence-corrected chi connectivity index (χ0v) is 9.61. The van der Waals surface area contributed by atoms with Crippen molar-refractivity contribution in [2.24, 2.45) is 23.7 Å². The van der Waals surface area contributed by atoms with Crippen LogP contribution < -0.4 is 0 Å². The Labute approximate surface area is 87.3 Å². The molecule has 0 aliphatic heterocycles. The van der Waals surface area contributed by atoms with E-state index in [9.17, 15) is 5.11 Å². The summed E-state index contributed by atoms with van der Waals surface area (Å²) in [5, 5.41) is 19.2. The van der Waals surface area contributed by atoms with Gasteiger partial charge in [-0.2, -0.15) is 0 Å². The van der Waals surface area contributed by atoms with E-state index in [-0.39, 0.29) is 12.7 Å². The number of aliphatic hydroxyl groups is 2. The molecule has 1 unspecified atom stereocenters. The Kier molecular flexibility index (Phi) is 4.39. The minimum Gasteiger partial charge on any atom is -0.396 e. The highest BCUT2D eigenvalue weighted by Gasteiger charge is 2.36. The lowest BCUT2D eigenvalue weighted by atomic mass is 9.68. The van der Waals surface area contributed by atoms with Gasteiger partial charge in [0.2, 0.25) is 0 Å². The highest BCUT2D eigenvalue weighted by atomic mass is 16.3. The summed E-state index contributed by atoms with van der Waals surface area (Å²) >= 11 is 0. The molecule has 0 aromatic rings. The summed E-state index contributed by atoms with van der Waals surface area (Å²) in [5.41, 5.74) is 0. The second kappa shape index (κ2) is 5.13. The lowest BCUT2D eigenvalue weighted by Gasteiger charge is -2.40. The van der Waals surface area contributed by atoms with Crippen LogP contribution in [0.1, 0.15) is 40.0 Å². The molecular weight excluding hydrogens is 176 g/mol. The van der Waals surface area contributed by atoms with Crippen molar-refractivity contribution in [3.63, 3.8) is 0 Å². The summed E-state index contributed by atoms with van der Waals surface area (Å²) in [7, 11) is 0. The minimum absolute atomic E-state index is 0.203. The molecule has 0 bridgehead atoms. The topological polar surface area (TPSA) is 40.5 Å². The highest BCUT2D eigenvalue weighted by molar-refractivity contribution is 4.86. The Bertz CT molecular complexity index is 168. The van der Waals surface area contributed by atoms with Crippen molar-refractivity contribution in [1.82, 2.24) is 0 Å². The molecule has 0 radical (unpaired) electrons. The standard InChI is InChI=1S/C12H24O2/c1-8(2)10-5-4-9(3)11(6-7-13)12(10)14/h8-14H,4-7H2,1-3H3/t9-,10+,11?,12+/m1/s1. The molecule has 1 fully saturated rings. The SMILES string of the molecule is CC(C)[C@@H]1CC[C@@H](C)C(CCO)[C@H]1O. The fourth-order valence-electron chi connectivity index (χ4n) is 2.83. The van der Waals surface area contributed by atoms with Crippen LogP contribution in [0, 0.1) is 23.7 Å². The van der Waals surface area contributed by atoms with Crippen molar-refractivity contribution < 1.29 is 10.2 Å². The molecule has 0 saturated heterocycles. The van der Waals surface area contributed by atoms with Gasteiger partial charge in [-0.25, -0.2) is 0 Å². The first-order valence-corrected chi connectivity index (χ1v) is 5.86. The molecule has 0 amide bonds. The average molecular weight is 200 g/mol. The largest absolute Gasteiger partial charge is 0.396 e. The third kappa shape index (κ3) is 2.48. The Hall–Kier alpha value is -0.0800. The van der Waals surface area contributed by atoms with Gasteiger partial charge in [-0.15, -0.1) is 0 Å². The molecule has 84 valence electrons. The summed E-state index contributed by atoms with van der Waals surface area (Å²) in [6, 6.07) is 0. The van der Waals surface area contributed by atoms with Gasteiger partial charge in [0.15, 0.2) is 0 Å². The maximum atomic E-state index is 10.2. The lowest BCUT2D eigenvalue weighted by Crippen LogP contribution is -2.40. The summed E-state index contributed by atoms with van der Waals surface area (Å²) < 4.78 is 0. The van der Waals surface area contributed by atoms with E-state index in [4.69, 9.17) is 5.11 Å². The van der Waals surface area contributed by atoms with Crippen molar-refractivity contribution in [2.45, 2.75) is 46.1 Å². The molecule has 2 nitrogen and oxygen atoms in total. The summed E-state index contributed by atoms with van der Waals surface area (Å²) in [6.07, 6.45) is 2.89. The van der Waals surface area contributed by atoms with E-state index in [1.807, 2.05) is 0 Å². The van der Waals surface area contributed by atoms with Crippen LogP contribution in [-0.4, -0.2) is 22.9 Å². The van der Waals surface area contributed by atoms with Crippen LogP contribution >= 0.6 is 0 Å². The molecule has 1 aliphatic carbocycles. The van der Waals surface area contributed by atoms with Gasteiger partial charge in [0.25, 0.3) is 0 Å². The van der Waals surface area contributed by atoms with Crippen molar-refractivity contribution in [2.75, 3.05) is 6.61 Å². The Morgan fingerprint density at radius 2 is 1.93 bits per heavy atom. The highest BCUT2D eigenvalue weighted by Crippen LogP contribution is 2.38. The van der Waals surface area contributed by atoms with E-state index in [1.165, 1.54) is 6.42 Å². The van der Waals surface area contributed by atoms with Crippen LogP contribution in [0.15, 0.2) is 0 Å². The van der Waals surface area contributed by atoms with E-state index in [1.54, 1.807) is 0 Å². The van der Waals surface area contributed by atoms with Gasteiger partial charge in [0, 0.05) is 6.61 Å². The van der Waals surface area contributed by atoms with Crippen molar-refractivity contribution in [3.05, 3.63) is 0 Å². The van der Waals surface area contributed by atoms with Gasteiger partial charge >= 0.3 is 0 Å². The fraction of sp³-hybridized carbons (Fsp3) is 1.00. The number of hydrogen-bond donors (Lipinski definition) is 2. The van der Waals surface area contributed by atoms with Gasteiger partial charge in [-0.3, -0.25) is 0 Å². The van der Waals surface area contributed by atoms with E-state index in [0.717, 1.165) is 12.8 Å². The summed E-state index contributed by atoms with van der Waals surface area (Å²) in [4.78, 5) is 0. The second-order valence-electron chi connectivity index (χ2n) is 5.13.